The number of rotatable bonds is 8. The van der Waals surface area contributed by atoms with Crippen LogP contribution in [-0.4, -0.2) is 51.2 Å². The lowest BCUT2D eigenvalue weighted by Crippen LogP contribution is -2.36. The summed E-state index contributed by atoms with van der Waals surface area (Å²) in [5, 5.41) is 2.96. The molecule has 1 aliphatic heterocycles. The molecule has 1 aliphatic rings. The Bertz CT molecular complexity index is 882. The number of amides is 1. The van der Waals surface area contributed by atoms with Crippen molar-refractivity contribution >= 4 is 11.9 Å². The number of nitrogens with zero attached hydrogens (tertiary/aromatic N) is 1. The zero-order chi connectivity index (χ0) is 21.5. The first-order valence-electron chi connectivity index (χ1n) is 9.95. The third kappa shape index (κ3) is 5.10. The van der Waals surface area contributed by atoms with Crippen molar-refractivity contribution in [2.45, 2.75) is 25.4 Å². The SMILES string of the molecule is COC(=O)c1ccc(CNC(=O)CN2CCC[C@@H]2c2cc(OC)ccc2OC)cc1. The van der Waals surface area contributed by atoms with Crippen LogP contribution in [0.4, 0.5) is 0 Å². The molecule has 160 valence electrons. The average molecular weight is 412 g/mol. The standard InChI is InChI=1S/C23H28N2O5/c1-28-18-10-11-21(29-2)19(13-18)20-5-4-12-25(20)15-22(26)24-14-16-6-8-17(9-7-16)23(27)30-3/h6-11,13,20H,4-5,12,14-15H2,1-3H3,(H,24,26)/t20-/m1/s1. The van der Waals surface area contributed by atoms with E-state index in [1.807, 2.05) is 30.3 Å². The van der Waals surface area contributed by atoms with Crippen LogP contribution in [0.3, 0.4) is 0 Å². The van der Waals surface area contributed by atoms with Crippen LogP contribution in [0.2, 0.25) is 0 Å². The molecule has 30 heavy (non-hydrogen) atoms. The molecule has 0 aromatic heterocycles. The zero-order valence-electron chi connectivity index (χ0n) is 17.6. The Labute approximate surface area is 176 Å². The molecule has 1 atom stereocenters. The quantitative estimate of drug-likeness (QED) is 0.672. The molecule has 0 saturated carbocycles. The van der Waals surface area contributed by atoms with Gasteiger partial charge in [-0.3, -0.25) is 9.69 Å². The van der Waals surface area contributed by atoms with Gasteiger partial charge in [-0.1, -0.05) is 12.1 Å². The Morgan fingerprint density at radius 1 is 1.07 bits per heavy atom. The molecule has 1 fully saturated rings. The molecule has 7 nitrogen and oxygen atoms in total. The van der Waals surface area contributed by atoms with Gasteiger partial charge in [-0.15, -0.1) is 0 Å². The number of carbonyl (C=O) groups excluding carboxylic acids is 2. The number of esters is 1. The molecule has 0 bridgehead atoms. The fourth-order valence-electron chi connectivity index (χ4n) is 3.78. The fraction of sp³-hybridized carbons (Fsp3) is 0.391. The van der Waals surface area contributed by atoms with E-state index in [4.69, 9.17) is 14.2 Å². The Morgan fingerprint density at radius 3 is 2.50 bits per heavy atom. The maximum Gasteiger partial charge on any atom is 0.337 e. The topological polar surface area (TPSA) is 77.1 Å². The molecule has 2 aromatic carbocycles. The summed E-state index contributed by atoms with van der Waals surface area (Å²) in [4.78, 5) is 26.2. The molecule has 7 heteroatoms. The van der Waals surface area contributed by atoms with Crippen LogP contribution in [0.1, 0.15) is 40.4 Å². The number of carbonyl (C=O) groups is 2. The van der Waals surface area contributed by atoms with Gasteiger partial charge >= 0.3 is 5.97 Å². The van der Waals surface area contributed by atoms with E-state index in [2.05, 4.69) is 10.2 Å². The summed E-state index contributed by atoms with van der Waals surface area (Å²) in [6.45, 7) is 1.57. The predicted octanol–water partition coefficient (Wildman–Crippen LogP) is 2.94. The lowest BCUT2D eigenvalue weighted by Gasteiger charge is -2.26. The summed E-state index contributed by atoms with van der Waals surface area (Å²) in [5.41, 5.74) is 2.45. The molecule has 1 heterocycles. The average Bonchev–Trinajstić information content (AvgIpc) is 3.24. The zero-order valence-corrected chi connectivity index (χ0v) is 17.6. The summed E-state index contributed by atoms with van der Waals surface area (Å²) in [6.07, 6.45) is 1.99. The highest BCUT2D eigenvalue weighted by Gasteiger charge is 2.30. The van der Waals surface area contributed by atoms with E-state index in [1.54, 1.807) is 26.4 Å². The Kier molecular flexibility index (Phi) is 7.30. The van der Waals surface area contributed by atoms with Gasteiger partial charge in [-0.05, 0) is 55.3 Å². The molecule has 1 amide bonds. The van der Waals surface area contributed by atoms with Crippen molar-refractivity contribution in [2.24, 2.45) is 0 Å². The summed E-state index contributed by atoms with van der Waals surface area (Å²) in [5.74, 6) is 1.16. The summed E-state index contributed by atoms with van der Waals surface area (Å²) in [6, 6.07) is 12.9. The van der Waals surface area contributed by atoms with Crippen molar-refractivity contribution in [1.82, 2.24) is 10.2 Å². The number of nitrogens with one attached hydrogen (secondary N) is 1. The van der Waals surface area contributed by atoms with Crippen LogP contribution in [0, 0.1) is 0 Å². The van der Waals surface area contributed by atoms with E-state index in [9.17, 15) is 9.59 Å². The van der Waals surface area contributed by atoms with Crippen LogP contribution in [0.15, 0.2) is 42.5 Å². The van der Waals surface area contributed by atoms with Gasteiger partial charge in [0.25, 0.3) is 0 Å². The number of likely N-dealkylation sites (tertiary alicyclic amines) is 1. The number of ether oxygens (including phenoxy) is 3. The van der Waals surface area contributed by atoms with Crippen molar-refractivity contribution in [1.29, 1.82) is 0 Å². The maximum atomic E-state index is 12.6. The number of hydrogen-bond acceptors (Lipinski definition) is 6. The smallest absolute Gasteiger partial charge is 0.337 e. The largest absolute Gasteiger partial charge is 0.497 e. The lowest BCUT2D eigenvalue weighted by atomic mass is 10.0. The molecule has 0 radical (unpaired) electrons. The monoisotopic (exact) mass is 412 g/mol. The number of hydrogen-bond donors (Lipinski definition) is 1. The van der Waals surface area contributed by atoms with Gasteiger partial charge in [0.15, 0.2) is 0 Å². The van der Waals surface area contributed by atoms with Crippen LogP contribution < -0.4 is 14.8 Å². The molecular formula is C23H28N2O5. The van der Waals surface area contributed by atoms with Crippen molar-refractivity contribution in [2.75, 3.05) is 34.4 Å². The third-order valence-corrected chi connectivity index (χ3v) is 5.37. The molecule has 0 aliphatic carbocycles. The molecular weight excluding hydrogens is 384 g/mol. The fourth-order valence-corrected chi connectivity index (χ4v) is 3.78. The second kappa shape index (κ2) is 10.1. The highest BCUT2D eigenvalue weighted by Crippen LogP contribution is 2.38. The van der Waals surface area contributed by atoms with Gasteiger partial charge < -0.3 is 19.5 Å². The third-order valence-electron chi connectivity index (χ3n) is 5.37. The van der Waals surface area contributed by atoms with Crippen molar-refractivity contribution < 1.29 is 23.8 Å². The van der Waals surface area contributed by atoms with Crippen molar-refractivity contribution in [3.8, 4) is 11.5 Å². The van der Waals surface area contributed by atoms with E-state index in [0.717, 1.165) is 42.0 Å². The minimum Gasteiger partial charge on any atom is -0.497 e. The van der Waals surface area contributed by atoms with E-state index in [0.29, 0.717) is 18.7 Å². The predicted molar refractivity (Wildman–Crippen MR) is 113 cm³/mol. The minimum absolute atomic E-state index is 0.0409. The van der Waals surface area contributed by atoms with Gasteiger partial charge in [-0.25, -0.2) is 4.79 Å². The van der Waals surface area contributed by atoms with Crippen LogP contribution in [-0.2, 0) is 16.1 Å². The summed E-state index contributed by atoms with van der Waals surface area (Å²) in [7, 11) is 4.65. The van der Waals surface area contributed by atoms with Gasteiger partial charge in [0.2, 0.25) is 5.91 Å². The number of methoxy groups -OCH3 is 3. The molecule has 3 rings (SSSR count). The first-order chi connectivity index (χ1) is 14.5. The maximum absolute atomic E-state index is 12.6. The van der Waals surface area contributed by atoms with E-state index in [1.165, 1.54) is 7.11 Å². The first-order valence-corrected chi connectivity index (χ1v) is 9.95. The van der Waals surface area contributed by atoms with E-state index < -0.39 is 0 Å². The first kappa shape index (κ1) is 21.6. The second-order valence-electron chi connectivity index (χ2n) is 7.20. The summed E-state index contributed by atoms with van der Waals surface area (Å²) < 4.78 is 15.6. The van der Waals surface area contributed by atoms with E-state index in [-0.39, 0.29) is 17.9 Å². The van der Waals surface area contributed by atoms with Crippen LogP contribution in [0.25, 0.3) is 0 Å². The van der Waals surface area contributed by atoms with Gasteiger partial charge in [0.05, 0.1) is 33.4 Å². The Balaban J connectivity index is 1.60. The Morgan fingerprint density at radius 2 is 1.83 bits per heavy atom. The molecule has 1 saturated heterocycles. The lowest BCUT2D eigenvalue weighted by molar-refractivity contribution is -0.122. The van der Waals surface area contributed by atoms with Gasteiger partial charge in [0.1, 0.15) is 11.5 Å². The van der Waals surface area contributed by atoms with Crippen molar-refractivity contribution in [3.63, 3.8) is 0 Å². The molecule has 1 N–H and O–H groups in total. The molecule has 2 aromatic rings. The highest BCUT2D eigenvalue weighted by atomic mass is 16.5. The summed E-state index contributed by atoms with van der Waals surface area (Å²) >= 11 is 0. The Hall–Kier alpha value is -3.06. The second-order valence-corrected chi connectivity index (χ2v) is 7.20. The normalized spacial score (nSPS) is 16.2. The van der Waals surface area contributed by atoms with E-state index >= 15 is 0 Å². The molecule has 0 spiro atoms. The van der Waals surface area contributed by atoms with Gasteiger partial charge in [-0.2, -0.15) is 0 Å². The highest BCUT2D eigenvalue weighted by molar-refractivity contribution is 5.89. The van der Waals surface area contributed by atoms with Crippen molar-refractivity contribution in [3.05, 3.63) is 59.2 Å². The minimum atomic E-state index is -0.376. The molecule has 0 unspecified atom stereocenters. The van der Waals surface area contributed by atoms with Gasteiger partial charge in [0, 0.05) is 18.2 Å². The van der Waals surface area contributed by atoms with Crippen LogP contribution in [0.5, 0.6) is 11.5 Å². The van der Waals surface area contributed by atoms with Crippen LogP contribution >= 0.6 is 0 Å². The number of benzene rings is 2.